The Morgan fingerprint density at radius 3 is 2.50 bits per heavy atom. The number of hydrogen-bond donors (Lipinski definition) is 1. The van der Waals surface area contributed by atoms with Gasteiger partial charge in [0.15, 0.2) is 0 Å². The minimum absolute atomic E-state index is 0.0189. The SMILES string of the molecule is C[C@@H](NC(=O)CN(Cc1ccccc1F)C1CC1)c1ccccc1. The van der Waals surface area contributed by atoms with Crippen LogP contribution in [0, 0.1) is 5.82 Å². The molecule has 0 radical (unpaired) electrons. The Morgan fingerprint density at radius 2 is 1.83 bits per heavy atom. The van der Waals surface area contributed by atoms with Crippen LogP contribution < -0.4 is 5.32 Å². The highest BCUT2D eigenvalue weighted by molar-refractivity contribution is 5.78. The first kappa shape index (κ1) is 16.7. The molecule has 3 rings (SSSR count). The van der Waals surface area contributed by atoms with Gasteiger partial charge in [-0.15, -0.1) is 0 Å². The molecule has 0 aromatic heterocycles. The lowest BCUT2D eigenvalue weighted by Gasteiger charge is -2.23. The van der Waals surface area contributed by atoms with E-state index >= 15 is 0 Å². The van der Waals surface area contributed by atoms with Crippen LogP contribution in [0.4, 0.5) is 4.39 Å². The van der Waals surface area contributed by atoms with Gasteiger partial charge in [0.25, 0.3) is 0 Å². The Balaban J connectivity index is 1.59. The van der Waals surface area contributed by atoms with E-state index in [2.05, 4.69) is 10.2 Å². The number of benzene rings is 2. The molecule has 1 amide bonds. The summed E-state index contributed by atoms with van der Waals surface area (Å²) in [5.74, 6) is -0.226. The van der Waals surface area contributed by atoms with Gasteiger partial charge in [0, 0.05) is 18.2 Å². The van der Waals surface area contributed by atoms with E-state index in [9.17, 15) is 9.18 Å². The van der Waals surface area contributed by atoms with E-state index in [-0.39, 0.29) is 17.8 Å². The quantitative estimate of drug-likeness (QED) is 0.842. The Hall–Kier alpha value is -2.20. The maximum absolute atomic E-state index is 13.9. The summed E-state index contributed by atoms with van der Waals surface area (Å²) in [5, 5.41) is 3.04. The number of hydrogen-bond acceptors (Lipinski definition) is 2. The van der Waals surface area contributed by atoms with Gasteiger partial charge in [0.2, 0.25) is 5.91 Å². The van der Waals surface area contributed by atoms with Gasteiger partial charge in [0.05, 0.1) is 12.6 Å². The fraction of sp³-hybridized carbons (Fsp3) is 0.350. The molecular formula is C20H23FN2O. The number of carbonyl (C=O) groups is 1. The molecule has 126 valence electrons. The van der Waals surface area contributed by atoms with Gasteiger partial charge in [-0.25, -0.2) is 4.39 Å². The van der Waals surface area contributed by atoms with Crippen molar-refractivity contribution < 1.29 is 9.18 Å². The van der Waals surface area contributed by atoms with Crippen LogP contribution in [0.3, 0.4) is 0 Å². The topological polar surface area (TPSA) is 32.3 Å². The van der Waals surface area contributed by atoms with Gasteiger partial charge in [0.1, 0.15) is 5.82 Å². The van der Waals surface area contributed by atoms with Gasteiger partial charge in [-0.2, -0.15) is 0 Å². The molecule has 3 nitrogen and oxygen atoms in total. The summed E-state index contributed by atoms with van der Waals surface area (Å²) in [6.07, 6.45) is 2.16. The average Bonchev–Trinajstić information content (AvgIpc) is 3.42. The lowest BCUT2D eigenvalue weighted by molar-refractivity contribution is -0.123. The van der Waals surface area contributed by atoms with Crippen molar-refractivity contribution in [3.05, 3.63) is 71.5 Å². The van der Waals surface area contributed by atoms with Crippen LogP contribution >= 0.6 is 0 Å². The molecule has 24 heavy (non-hydrogen) atoms. The highest BCUT2D eigenvalue weighted by Crippen LogP contribution is 2.28. The van der Waals surface area contributed by atoms with E-state index in [0.717, 1.165) is 18.4 Å². The van der Waals surface area contributed by atoms with E-state index < -0.39 is 0 Å². The van der Waals surface area contributed by atoms with Crippen LogP contribution in [0.15, 0.2) is 54.6 Å². The van der Waals surface area contributed by atoms with E-state index in [1.54, 1.807) is 12.1 Å². The predicted octanol–water partition coefficient (Wildman–Crippen LogP) is 3.67. The van der Waals surface area contributed by atoms with Crippen LogP contribution in [0.25, 0.3) is 0 Å². The van der Waals surface area contributed by atoms with Crippen molar-refractivity contribution in [3.63, 3.8) is 0 Å². The third kappa shape index (κ3) is 4.42. The molecule has 1 fully saturated rings. The van der Waals surface area contributed by atoms with E-state index in [0.29, 0.717) is 24.7 Å². The van der Waals surface area contributed by atoms with Crippen molar-refractivity contribution in [2.45, 2.75) is 38.4 Å². The summed E-state index contributed by atoms with van der Waals surface area (Å²) < 4.78 is 13.9. The van der Waals surface area contributed by atoms with Crippen LogP contribution in [0.1, 0.15) is 36.9 Å². The first-order valence-corrected chi connectivity index (χ1v) is 8.45. The zero-order valence-electron chi connectivity index (χ0n) is 13.9. The number of carbonyl (C=O) groups excluding carboxylic acids is 1. The third-order valence-corrected chi connectivity index (χ3v) is 4.42. The zero-order valence-corrected chi connectivity index (χ0v) is 13.9. The monoisotopic (exact) mass is 326 g/mol. The molecule has 0 heterocycles. The highest BCUT2D eigenvalue weighted by atomic mass is 19.1. The summed E-state index contributed by atoms with van der Waals surface area (Å²) >= 11 is 0. The normalized spacial score (nSPS) is 15.3. The minimum Gasteiger partial charge on any atom is -0.348 e. The van der Waals surface area contributed by atoms with Crippen molar-refractivity contribution in [1.29, 1.82) is 0 Å². The van der Waals surface area contributed by atoms with Crippen molar-refractivity contribution in [2.75, 3.05) is 6.54 Å². The van der Waals surface area contributed by atoms with E-state index in [1.807, 2.05) is 43.3 Å². The van der Waals surface area contributed by atoms with Crippen LogP contribution in [-0.2, 0) is 11.3 Å². The first-order valence-electron chi connectivity index (χ1n) is 8.45. The maximum Gasteiger partial charge on any atom is 0.234 e. The molecule has 0 saturated heterocycles. The molecule has 2 aromatic rings. The van der Waals surface area contributed by atoms with Crippen molar-refractivity contribution >= 4 is 5.91 Å². The van der Waals surface area contributed by atoms with Crippen molar-refractivity contribution in [2.24, 2.45) is 0 Å². The summed E-state index contributed by atoms with van der Waals surface area (Å²) in [4.78, 5) is 14.5. The zero-order chi connectivity index (χ0) is 16.9. The molecule has 1 atom stereocenters. The molecule has 0 spiro atoms. The smallest absolute Gasteiger partial charge is 0.234 e. The van der Waals surface area contributed by atoms with Crippen molar-refractivity contribution in [3.8, 4) is 0 Å². The number of amides is 1. The number of rotatable bonds is 7. The standard InChI is InChI=1S/C20H23FN2O/c1-15(16-7-3-2-4-8-16)22-20(24)14-23(18-11-12-18)13-17-9-5-6-10-19(17)21/h2-10,15,18H,11-14H2,1H3,(H,22,24)/t15-/m1/s1. The molecule has 1 saturated carbocycles. The molecule has 0 aliphatic heterocycles. The summed E-state index contributed by atoms with van der Waals surface area (Å²) in [5.41, 5.74) is 1.73. The molecule has 0 unspecified atom stereocenters. The van der Waals surface area contributed by atoms with Gasteiger partial charge < -0.3 is 5.32 Å². The highest BCUT2D eigenvalue weighted by Gasteiger charge is 2.31. The molecule has 4 heteroatoms. The number of nitrogens with zero attached hydrogens (tertiary/aromatic N) is 1. The fourth-order valence-corrected chi connectivity index (χ4v) is 2.90. The van der Waals surface area contributed by atoms with Gasteiger partial charge >= 0.3 is 0 Å². The Labute approximate surface area is 142 Å². The Bertz CT molecular complexity index is 685. The second kappa shape index (κ2) is 7.58. The summed E-state index contributed by atoms with van der Waals surface area (Å²) in [6.45, 7) is 2.76. The Morgan fingerprint density at radius 1 is 1.17 bits per heavy atom. The molecule has 1 N–H and O–H groups in total. The maximum atomic E-state index is 13.9. The average molecular weight is 326 g/mol. The predicted molar refractivity (Wildman–Crippen MR) is 92.8 cm³/mol. The first-order chi connectivity index (χ1) is 11.6. The number of halogens is 1. The molecule has 1 aliphatic rings. The molecular weight excluding hydrogens is 303 g/mol. The number of nitrogens with one attached hydrogen (secondary N) is 1. The van der Waals surface area contributed by atoms with Crippen LogP contribution in [-0.4, -0.2) is 23.4 Å². The fourth-order valence-electron chi connectivity index (χ4n) is 2.90. The molecule has 0 bridgehead atoms. The van der Waals surface area contributed by atoms with Gasteiger partial charge in [-0.3, -0.25) is 9.69 Å². The minimum atomic E-state index is -0.207. The van der Waals surface area contributed by atoms with Crippen LogP contribution in [0.2, 0.25) is 0 Å². The van der Waals surface area contributed by atoms with E-state index in [1.165, 1.54) is 6.07 Å². The lowest BCUT2D eigenvalue weighted by Crippen LogP contribution is -2.39. The van der Waals surface area contributed by atoms with Gasteiger partial charge in [-0.1, -0.05) is 48.5 Å². The summed E-state index contributed by atoms with van der Waals surface area (Å²) in [7, 11) is 0. The Kier molecular flexibility index (Phi) is 5.26. The third-order valence-electron chi connectivity index (χ3n) is 4.42. The van der Waals surface area contributed by atoms with Gasteiger partial charge in [-0.05, 0) is 31.4 Å². The second-order valence-electron chi connectivity index (χ2n) is 6.43. The van der Waals surface area contributed by atoms with Crippen LogP contribution in [0.5, 0.6) is 0 Å². The molecule has 1 aliphatic carbocycles. The lowest BCUT2D eigenvalue weighted by atomic mass is 10.1. The molecule has 2 aromatic carbocycles. The second-order valence-corrected chi connectivity index (χ2v) is 6.43. The van der Waals surface area contributed by atoms with E-state index in [4.69, 9.17) is 0 Å². The van der Waals surface area contributed by atoms with Crippen molar-refractivity contribution in [1.82, 2.24) is 10.2 Å². The summed E-state index contributed by atoms with van der Waals surface area (Å²) in [6, 6.07) is 17.0. The largest absolute Gasteiger partial charge is 0.348 e.